The summed E-state index contributed by atoms with van der Waals surface area (Å²) in [6.07, 6.45) is 21.2. The Hall–Kier alpha value is -4.00. The van der Waals surface area contributed by atoms with Gasteiger partial charge in [0.25, 0.3) is 0 Å². The smallest absolute Gasteiger partial charge is 0.341 e. The molecule has 3 N–H and O–H groups in total. The molecule has 8 nitrogen and oxygen atoms in total. The van der Waals surface area contributed by atoms with E-state index in [9.17, 15) is 14.7 Å². The van der Waals surface area contributed by atoms with Crippen molar-refractivity contribution >= 4 is 22.6 Å². The summed E-state index contributed by atoms with van der Waals surface area (Å²) < 4.78 is 22.5. The molecule has 1 aromatic heterocycles. The number of nitriles is 1. The summed E-state index contributed by atoms with van der Waals surface area (Å²) >= 11 is 0. The lowest BCUT2D eigenvalue weighted by molar-refractivity contribution is 0.0694. The fourth-order valence-corrected chi connectivity index (χ4v) is 4.26. The molecule has 1 aromatic carbocycles. The maximum atomic E-state index is 15.2. The highest BCUT2D eigenvalue weighted by molar-refractivity contribution is 5.97. The largest absolute Gasteiger partial charge is 0.492 e. The van der Waals surface area contributed by atoms with Crippen molar-refractivity contribution in [2.24, 2.45) is 11.7 Å². The number of carboxylic acids is 1. The van der Waals surface area contributed by atoms with Crippen LogP contribution in [0.2, 0.25) is 0 Å². The third kappa shape index (κ3) is 7.49. The molecule has 0 bridgehead atoms. The number of halogens is 1. The highest BCUT2D eigenvalue weighted by Crippen LogP contribution is 2.44. The molecule has 1 atom stereocenters. The molecule has 0 spiro atoms. The Morgan fingerprint density at radius 2 is 1.84 bits per heavy atom. The van der Waals surface area contributed by atoms with Gasteiger partial charge in [0.15, 0.2) is 11.6 Å². The normalized spacial score (nSPS) is 15.2. The first-order valence-electron chi connectivity index (χ1n) is 12.0. The zero-order valence-corrected chi connectivity index (χ0v) is 22.0. The van der Waals surface area contributed by atoms with E-state index in [0.29, 0.717) is 36.6 Å². The zero-order valence-electron chi connectivity index (χ0n) is 22.0. The summed E-state index contributed by atoms with van der Waals surface area (Å²) in [5.74, 6) is -1.36. The third-order valence-corrected chi connectivity index (χ3v) is 5.84. The minimum Gasteiger partial charge on any atom is -0.492 e. The van der Waals surface area contributed by atoms with Crippen molar-refractivity contribution in [3.05, 3.63) is 33.9 Å². The van der Waals surface area contributed by atoms with Gasteiger partial charge in [0.05, 0.1) is 24.1 Å². The molecular formula is C28H37FN4O4. The van der Waals surface area contributed by atoms with Gasteiger partial charge in [-0.25, -0.2) is 9.18 Å². The van der Waals surface area contributed by atoms with Gasteiger partial charge in [-0.3, -0.25) is 4.79 Å². The van der Waals surface area contributed by atoms with Crippen LogP contribution in [0.15, 0.2) is 17.1 Å². The summed E-state index contributed by atoms with van der Waals surface area (Å²) in [6, 6.07) is 3.37. The first-order valence-corrected chi connectivity index (χ1v) is 12.0. The van der Waals surface area contributed by atoms with E-state index in [1.165, 1.54) is 20.4 Å². The number of rotatable bonds is 6. The number of aromatic carboxylic acids is 1. The van der Waals surface area contributed by atoms with E-state index in [1.807, 2.05) is 18.7 Å². The lowest BCUT2D eigenvalue weighted by Gasteiger charge is -2.24. The molecule has 1 saturated carbocycles. The predicted molar refractivity (Wildman–Crippen MR) is 146 cm³/mol. The predicted octanol–water partition coefficient (Wildman–Crippen LogP) is 4.41. The van der Waals surface area contributed by atoms with Crippen LogP contribution in [0.5, 0.6) is 5.75 Å². The number of nitrogens with zero attached hydrogens (tertiary/aromatic N) is 3. The van der Waals surface area contributed by atoms with Crippen LogP contribution < -0.4 is 20.8 Å². The molecule has 1 unspecified atom stereocenters. The molecule has 4 rings (SSSR count). The number of benzene rings is 1. The Labute approximate surface area is 218 Å². The standard InChI is InChI=1S/C21H22FN3O4.C2H6.2C2H2.CH5N/c1-29-20-17-14(19(26)15(21(27)28)11-25(17)13-4-5-13)9-16(22)18(20)24-8-6-12(10-24)3-2-7-23;4*1-2/h9,11-13H,2-6,8,10H2,1H3,(H,27,28);1-2H3;2*1-2H;2H2,1H3. The topological polar surface area (TPSA) is 122 Å². The summed E-state index contributed by atoms with van der Waals surface area (Å²) in [5.41, 5.74) is 4.18. The van der Waals surface area contributed by atoms with Crippen molar-refractivity contribution in [2.45, 2.75) is 52.0 Å². The van der Waals surface area contributed by atoms with E-state index >= 15 is 4.39 Å². The fraction of sp³-hybridized carbons (Fsp3) is 0.464. The molecule has 2 heterocycles. The maximum absolute atomic E-state index is 15.2. The van der Waals surface area contributed by atoms with Crippen LogP contribution in [-0.2, 0) is 0 Å². The van der Waals surface area contributed by atoms with Crippen LogP contribution in [-0.4, -0.2) is 42.9 Å². The molecule has 2 aromatic rings. The molecule has 0 amide bonds. The molecule has 1 aliphatic carbocycles. The van der Waals surface area contributed by atoms with Gasteiger partial charge in [-0.2, -0.15) is 5.26 Å². The number of carboxylic acid groups (broad SMARTS) is 1. The summed E-state index contributed by atoms with van der Waals surface area (Å²) in [4.78, 5) is 26.2. The van der Waals surface area contributed by atoms with Gasteiger partial charge in [0.2, 0.25) is 5.43 Å². The minimum atomic E-state index is -1.32. The SMILES string of the molecule is C#C.C#C.CC.CN.COc1c(N2CCC(CCC#N)C2)c(F)cc2c(=O)c(C(=O)O)cn(C3CC3)c12. The number of terminal acetylenes is 2. The van der Waals surface area contributed by atoms with Crippen LogP contribution in [0, 0.1) is 48.8 Å². The lowest BCUT2D eigenvalue weighted by atomic mass is 10.0. The van der Waals surface area contributed by atoms with E-state index < -0.39 is 17.2 Å². The average molecular weight is 513 g/mol. The van der Waals surface area contributed by atoms with Crippen LogP contribution in [0.25, 0.3) is 10.9 Å². The number of ether oxygens (including phenoxy) is 1. The molecule has 2 aliphatic rings. The Balaban J connectivity index is 0.00000148. The van der Waals surface area contributed by atoms with Gasteiger partial charge in [0.1, 0.15) is 11.3 Å². The number of hydrogen-bond donors (Lipinski definition) is 2. The highest BCUT2D eigenvalue weighted by Gasteiger charge is 2.33. The quantitative estimate of drug-likeness (QED) is 0.550. The van der Waals surface area contributed by atoms with Gasteiger partial charge in [-0.15, -0.1) is 25.7 Å². The Kier molecular flexibility index (Phi) is 14.8. The average Bonchev–Trinajstić information content (AvgIpc) is 3.69. The number of methoxy groups -OCH3 is 1. The number of nitrogens with two attached hydrogens (primary N) is 1. The van der Waals surface area contributed by atoms with Gasteiger partial charge in [-0.1, -0.05) is 13.8 Å². The van der Waals surface area contributed by atoms with Crippen molar-refractivity contribution in [3.63, 3.8) is 0 Å². The van der Waals surface area contributed by atoms with Crippen molar-refractivity contribution < 1.29 is 19.0 Å². The Morgan fingerprint density at radius 3 is 2.32 bits per heavy atom. The monoisotopic (exact) mass is 512 g/mol. The van der Waals surface area contributed by atoms with Crippen molar-refractivity contribution in [1.29, 1.82) is 5.26 Å². The zero-order chi connectivity index (χ0) is 28.7. The molecule has 200 valence electrons. The van der Waals surface area contributed by atoms with Gasteiger partial charge >= 0.3 is 5.97 Å². The van der Waals surface area contributed by atoms with E-state index in [2.05, 4.69) is 37.5 Å². The molecule has 37 heavy (non-hydrogen) atoms. The van der Waals surface area contributed by atoms with Crippen LogP contribution in [0.4, 0.5) is 10.1 Å². The first-order chi connectivity index (χ1) is 18.0. The summed E-state index contributed by atoms with van der Waals surface area (Å²) in [6.45, 7) is 5.25. The number of aromatic nitrogens is 1. The molecule has 2 fully saturated rings. The number of hydrogen-bond acceptors (Lipinski definition) is 6. The molecule has 1 saturated heterocycles. The Bertz CT molecular complexity index is 1170. The maximum Gasteiger partial charge on any atom is 0.341 e. The van der Waals surface area contributed by atoms with Crippen LogP contribution in [0.1, 0.15) is 62.4 Å². The number of anilines is 1. The highest BCUT2D eigenvalue weighted by atomic mass is 19.1. The van der Waals surface area contributed by atoms with Gasteiger partial charge in [0, 0.05) is 31.7 Å². The van der Waals surface area contributed by atoms with Crippen molar-refractivity contribution in [1.82, 2.24) is 4.57 Å². The third-order valence-electron chi connectivity index (χ3n) is 5.84. The second-order valence-corrected chi connectivity index (χ2v) is 7.75. The molecule has 0 radical (unpaired) electrons. The molecule has 1 aliphatic heterocycles. The number of pyridine rings is 1. The van der Waals surface area contributed by atoms with E-state index in [1.54, 1.807) is 4.57 Å². The van der Waals surface area contributed by atoms with E-state index in [-0.39, 0.29) is 22.7 Å². The van der Waals surface area contributed by atoms with Crippen molar-refractivity contribution in [2.75, 3.05) is 32.1 Å². The first kappa shape index (κ1) is 33.0. The number of carbonyl (C=O) groups is 1. The van der Waals surface area contributed by atoms with Crippen LogP contribution in [0.3, 0.4) is 0 Å². The lowest BCUT2D eigenvalue weighted by Crippen LogP contribution is -2.24. The Morgan fingerprint density at radius 1 is 1.24 bits per heavy atom. The van der Waals surface area contributed by atoms with Gasteiger partial charge in [-0.05, 0) is 44.7 Å². The van der Waals surface area contributed by atoms with E-state index in [4.69, 9.17) is 10.00 Å². The summed E-state index contributed by atoms with van der Waals surface area (Å²) in [5, 5.41) is 18.2. The van der Waals surface area contributed by atoms with Gasteiger partial charge < -0.3 is 25.0 Å². The second-order valence-electron chi connectivity index (χ2n) is 7.75. The molecule has 9 heteroatoms. The summed E-state index contributed by atoms with van der Waals surface area (Å²) in [7, 11) is 2.94. The van der Waals surface area contributed by atoms with E-state index in [0.717, 1.165) is 31.7 Å². The number of fused-ring (bicyclic) bond motifs is 1. The van der Waals surface area contributed by atoms with Crippen LogP contribution >= 0.6 is 0 Å². The second kappa shape index (κ2) is 16.6. The molecular weight excluding hydrogens is 475 g/mol. The minimum absolute atomic E-state index is 0.0233. The van der Waals surface area contributed by atoms with Crippen molar-refractivity contribution in [3.8, 4) is 37.5 Å². The fourth-order valence-electron chi connectivity index (χ4n) is 4.26.